The van der Waals surface area contributed by atoms with E-state index in [-0.39, 0.29) is 38.5 Å². The molecule has 0 spiro atoms. The van der Waals surface area contributed by atoms with E-state index in [1.54, 1.807) is 12.1 Å². The van der Waals surface area contributed by atoms with Crippen molar-refractivity contribution in [2.75, 3.05) is 12.8 Å². The summed E-state index contributed by atoms with van der Waals surface area (Å²) >= 11 is 0. The number of benzene rings is 1. The first-order chi connectivity index (χ1) is 20.6. The molecule has 4 rings (SSSR count). The lowest BCUT2D eigenvalue weighted by atomic mass is 9.71. The second kappa shape index (κ2) is 11.8. The number of carbonyl (C=O) groups excluding carboxylic acids is 1. The van der Waals surface area contributed by atoms with Gasteiger partial charge in [-0.2, -0.15) is 4.79 Å². The Bertz CT molecular complexity index is 1280. The summed E-state index contributed by atoms with van der Waals surface area (Å²) in [4.78, 5) is 16.7. The quantitative estimate of drug-likeness (QED) is 0.116. The van der Waals surface area contributed by atoms with Gasteiger partial charge in [-0.3, -0.25) is 4.79 Å². The lowest BCUT2D eigenvalue weighted by molar-refractivity contribution is -0.122. The van der Waals surface area contributed by atoms with Crippen LogP contribution in [-0.4, -0.2) is 54.9 Å². The Morgan fingerprint density at radius 2 is 1.49 bits per heavy atom. The number of hydrogen-bond acceptors (Lipinski definition) is 4. The molecule has 0 aromatic heterocycles. The molecule has 0 radical (unpaired) electrons. The average molecular weight is 672 g/mol. The number of rotatable bonds is 10. The van der Waals surface area contributed by atoms with E-state index in [1.165, 1.54) is 25.5 Å². The molecule has 3 aliphatic rings. The predicted molar refractivity (Wildman–Crippen MR) is 191 cm³/mol. The van der Waals surface area contributed by atoms with Gasteiger partial charge in [0.05, 0.1) is 11.7 Å². The molecule has 2 heterocycles. The van der Waals surface area contributed by atoms with Crippen molar-refractivity contribution in [2.24, 2.45) is 10.8 Å². The lowest BCUT2D eigenvalue weighted by Crippen LogP contribution is -2.61. The van der Waals surface area contributed by atoms with Gasteiger partial charge in [0.25, 0.3) is 12.1 Å². The first kappa shape index (κ1) is 36.3. The highest BCUT2D eigenvalue weighted by molar-refractivity contribution is 7.03. The van der Waals surface area contributed by atoms with Gasteiger partial charge in [0.15, 0.2) is 23.2 Å². The Labute approximate surface area is 276 Å². The van der Waals surface area contributed by atoms with Gasteiger partial charge in [-0.05, 0) is 75.1 Å². The fourth-order valence-corrected chi connectivity index (χ4v) is 38.1. The maximum atomic E-state index is 13.6. The summed E-state index contributed by atoms with van der Waals surface area (Å²) in [6.45, 7) is 31.6. The Balaban J connectivity index is 1.81. The number of amides is 1. The van der Waals surface area contributed by atoms with Crippen LogP contribution in [0.15, 0.2) is 24.3 Å². The first-order valence-electron chi connectivity index (χ1n) is 17.2. The van der Waals surface area contributed by atoms with Gasteiger partial charge < -0.3 is 23.8 Å². The summed E-state index contributed by atoms with van der Waals surface area (Å²) in [5, 5.41) is 3.31. The van der Waals surface area contributed by atoms with Crippen LogP contribution >= 0.6 is 0 Å². The molecule has 0 bridgehead atoms. The Morgan fingerprint density at radius 3 is 1.93 bits per heavy atom. The molecule has 7 nitrogen and oxygen atoms in total. The monoisotopic (exact) mass is 671 g/mol. The maximum Gasteiger partial charge on any atom is 0.344 e. The van der Waals surface area contributed by atoms with Crippen molar-refractivity contribution in [1.82, 2.24) is 5.32 Å². The standard InChI is InChI=1S/C35H61N3O4Si3/c1-26(2)43(23-31(5,6)7)33(11)18-15-19-34(12)35(33,13)45(41-43,42-44(34,27(3)4)24-32(8,9)10)25-37-30(39)22-40-29-17-14-16-28(20-29)21-38-36/h14,16-17,20-21,26-27H,15,18-19,22-25H2,1-13H3,(H,37,39). The molecule has 3 fully saturated rings. The van der Waals surface area contributed by atoms with Crippen LogP contribution in [0.25, 0.3) is 5.53 Å². The smallest absolute Gasteiger partial charge is 0.344 e. The van der Waals surface area contributed by atoms with Gasteiger partial charge in [0, 0.05) is 5.04 Å². The van der Waals surface area contributed by atoms with Gasteiger partial charge in [0.1, 0.15) is 5.75 Å². The average Bonchev–Trinajstić information content (AvgIpc) is 3.18. The van der Waals surface area contributed by atoms with Gasteiger partial charge in [-0.25, -0.2) is 0 Å². The molecule has 2 saturated heterocycles. The van der Waals surface area contributed by atoms with Crippen LogP contribution in [0.4, 0.5) is 0 Å². The molecule has 10 heteroatoms. The molecule has 1 aromatic rings. The van der Waals surface area contributed by atoms with E-state index in [0.717, 1.165) is 12.1 Å². The third-order valence-electron chi connectivity index (χ3n) is 12.3. The van der Waals surface area contributed by atoms with Crippen LogP contribution < -0.4 is 10.1 Å². The highest BCUT2D eigenvalue weighted by Crippen LogP contribution is 2.91. The van der Waals surface area contributed by atoms with E-state index in [9.17, 15) is 4.79 Å². The fourth-order valence-electron chi connectivity index (χ4n) is 10.4. The summed E-state index contributed by atoms with van der Waals surface area (Å²) in [5.41, 5.74) is 10.7. The van der Waals surface area contributed by atoms with E-state index in [4.69, 9.17) is 18.5 Å². The molecule has 4 unspecified atom stereocenters. The van der Waals surface area contributed by atoms with Crippen LogP contribution in [0.1, 0.15) is 115 Å². The van der Waals surface area contributed by atoms with E-state index >= 15 is 0 Å². The molecule has 2 aliphatic heterocycles. The Kier molecular flexibility index (Phi) is 9.55. The minimum atomic E-state index is -3.06. The summed E-state index contributed by atoms with van der Waals surface area (Å²) < 4.78 is 22.0. The minimum Gasteiger partial charge on any atom is -0.484 e. The van der Waals surface area contributed by atoms with Gasteiger partial charge in [0.2, 0.25) is 0 Å². The third kappa shape index (κ3) is 5.59. The van der Waals surface area contributed by atoms with Crippen LogP contribution in [0.3, 0.4) is 0 Å². The van der Waals surface area contributed by atoms with Crippen molar-refractivity contribution < 1.29 is 22.6 Å². The van der Waals surface area contributed by atoms with Crippen molar-refractivity contribution in [3.63, 3.8) is 0 Å². The van der Waals surface area contributed by atoms with Gasteiger partial charge in [-0.1, -0.05) is 102 Å². The molecule has 1 amide bonds. The Hall–Kier alpha value is -1.56. The SMILES string of the molecule is CC(C)[Si]1(CC(C)(C)C)O[Si]2(CNC(=O)COc3cccc(C=[N+]=[N-])c3)O[Si](CC(C)(C)C)(C(C)C)C3(C)CCCC1(C)C32C. The van der Waals surface area contributed by atoms with Crippen molar-refractivity contribution in [1.29, 1.82) is 0 Å². The van der Waals surface area contributed by atoms with Gasteiger partial charge >= 0.3 is 8.56 Å². The summed E-state index contributed by atoms with van der Waals surface area (Å²) in [6.07, 6.45) is 5.39. The highest BCUT2D eigenvalue weighted by atomic mass is 28.5. The second-order valence-electron chi connectivity index (χ2n) is 18.0. The van der Waals surface area contributed by atoms with E-state index < -0.39 is 25.2 Å². The third-order valence-corrected chi connectivity index (χ3v) is 33.7. The predicted octanol–water partition coefficient (Wildman–Crippen LogP) is 9.14. The molecule has 1 saturated carbocycles. The summed E-state index contributed by atoms with van der Waals surface area (Å²) in [6, 6.07) is 9.38. The number of nitrogens with one attached hydrogen (secondary N) is 1. The van der Waals surface area contributed by atoms with E-state index in [0.29, 0.717) is 28.6 Å². The zero-order chi connectivity index (χ0) is 33.9. The molecular formula is C35H61N3O4Si3. The topological polar surface area (TPSA) is 93.2 Å². The first-order valence-corrected chi connectivity index (χ1v) is 23.6. The lowest BCUT2D eigenvalue weighted by Gasteiger charge is -2.63. The van der Waals surface area contributed by atoms with Gasteiger partial charge in [-0.15, -0.1) is 0 Å². The van der Waals surface area contributed by atoms with E-state index in [2.05, 4.69) is 100 Å². The normalized spacial score (nSPS) is 36.2. The molecule has 252 valence electrons. The number of hydrogen-bond donors (Lipinski definition) is 1. The molecule has 45 heavy (non-hydrogen) atoms. The molecule has 1 aliphatic carbocycles. The molecular weight excluding hydrogens is 611 g/mol. The zero-order valence-electron chi connectivity index (χ0n) is 30.5. The fraction of sp³-hybridized carbons (Fsp3) is 0.771. The van der Waals surface area contributed by atoms with E-state index in [1.807, 2.05) is 12.1 Å². The zero-order valence-corrected chi connectivity index (χ0v) is 33.5. The van der Waals surface area contributed by atoms with Crippen LogP contribution in [0, 0.1) is 10.8 Å². The number of carbonyl (C=O) groups is 1. The second-order valence-corrected chi connectivity index (χ2v) is 31.3. The maximum absolute atomic E-state index is 13.6. The highest BCUT2D eigenvalue weighted by Gasteiger charge is 2.91. The van der Waals surface area contributed by atoms with Crippen LogP contribution in [-0.2, 0) is 13.0 Å². The minimum absolute atomic E-state index is 0.0398. The number of ether oxygens (including phenoxy) is 1. The summed E-state index contributed by atoms with van der Waals surface area (Å²) in [7, 11) is -7.95. The van der Waals surface area contributed by atoms with Crippen LogP contribution in [0.2, 0.25) is 38.3 Å². The van der Waals surface area contributed by atoms with Crippen molar-refractivity contribution in [2.45, 2.75) is 148 Å². The largest absolute Gasteiger partial charge is 0.484 e. The van der Waals surface area contributed by atoms with Crippen molar-refractivity contribution in [3.8, 4) is 5.75 Å². The molecule has 4 atom stereocenters. The summed E-state index contributed by atoms with van der Waals surface area (Å²) in [5.74, 6) is 0.395. The van der Waals surface area contributed by atoms with Crippen LogP contribution in [0.5, 0.6) is 5.75 Å². The number of nitrogens with zero attached hydrogens (tertiary/aromatic N) is 2. The van der Waals surface area contributed by atoms with Crippen molar-refractivity contribution >= 4 is 37.3 Å². The molecule has 1 aromatic carbocycles. The van der Waals surface area contributed by atoms with Crippen molar-refractivity contribution in [3.05, 3.63) is 35.4 Å². The Morgan fingerprint density at radius 1 is 0.978 bits per heavy atom. The molecule has 1 N–H and O–H groups in total.